The van der Waals surface area contributed by atoms with Crippen LogP contribution in [0, 0.1) is 0 Å². The first-order valence-electron chi connectivity index (χ1n) is 12.8. The van der Waals surface area contributed by atoms with E-state index in [0.717, 1.165) is 35.5 Å². The van der Waals surface area contributed by atoms with Gasteiger partial charge in [0.25, 0.3) is 5.91 Å². The molecule has 0 bridgehead atoms. The minimum atomic E-state index is -0.00307. The van der Waals surface area contributed by atoms with Crippen LogP contribution in [0.15, 0.2) is 42.6 Å². The standard InChI is InChI=1S/C27H37N5O5/c1-20(2)29-23-4-3-7-28-26(23)31-8-10-32(11-9-31)27(34)25-18-21-5-6-22(19-24(21)30-25)37-17-16-36-15-14-35-13-12-33/h3-7,18-20,29-30,33H,8-17H2,1-2H3. The van der Waals surface area contributed by atoms with Gasteiger partial charge >= 0.3 is 0 Å². The molecule has 3 heterocycles. The molecule has 3 N–H and O–H groups in total. The van der Waals surface area contributed by atoms with E-state index in [-0.39, 0.29) is 12.5 Å². The number of hydrogen-bond donors (Lipinski definition) is 3. The van der Waals surface area contributed by atoms with Gasteiger partial charge in [-0.25, -0.2) is 4.98 Å². The Morgan fingerprint density at radius 1 is 1.05 bits per heavy atom. The number of aliphatic hydroxyl groups is 1. The average Bonchev–Trinajstić information content (AvgIpc) is 3.33. The Morgan fingerprint density at radius 2 is 1.81 bits per heavy atom. The van der Waals surface area contributed by atoms with Crippen LogP contribution in [0.3, 0.4) is 0 Å². The number of fused-ring (bicyclic) bond motifs is 1. The highest BCUT2D eigenvalue weighted by molar-refractivity contribution is 5.98. The monoisotopic (exact) mass is 511 g/mol. The third-order valence-electron chi connectivity index (χ3n) is 6.03. The molecule has 0 spiro atoms. The van der Waals surface area contributed by atoms with Crippen molar-refractivity contribution in [2.75, 3.05) is 76.0 Å². The molecule has 1 aliphatic heterocycles. The number of aromatic amines is 1. The van der Waals surface area contributed by atoms with Gasteiger partial charge in [0.15, 0.2) is 5.82 Å². The first-order valence-corrected chi connectivity index (χ1v) is 12.8. The fraction of sp³-hybridized carbons (Fsp3) is 0.481. The number of hydrogen-bond acceptors (Lipinski definition) is 8. The summed E-state index contributed by atoms with van der Waals surface area (Å²) >= 11 is 0. The Morgan fingerprint density at radius 3 is 2.57 bits per heavy atom. The molecule has 1 fully saturated rings. The summed E-state index contributed by atoms with van der Waals surface area (Å²) in [7, 11) is 0. The number of carbonyl (C=O) groups excluding carboxylic acids is 1. The second kappa shape index (κ2) is 13.3. The van der Waals surface area contributed by atoms with Crippen LogP contribution in [0.25, 0.3) is 10.9 Å². The molecule has 1 aromatic carbocycles. The molecule has 3 aromatic rings. The lowest BCUT2D eigenvalue weighted by Crippen LogP contribution is -2.49. The number of benzene rings is 1. The van der Waals surface area contributed by atoms with Crippen molar-refractivity contribution in [2.24, 2.45) is 0 Å². The molecule has 2 aromatic heterocycles. The third kappa shape index (κ3) is 7.34. The van der Waals surface area contributed by atoms with Gasteiger partial charge in [-0.15, -0.1) is 0 Å². The second-order valence-corrected chi connectivity index (χ2v) is 9.18. The first kappa shape index (κ1) is 26.7. The molecule has 1 aliphatic rings. The van der Waals surface area contributed by atoms with Gasteiger partial charge in [0, 0.05) is 55.4 Å². The van der Waals surface area contributed by atoms with Crippen LogP contribution in [-0.4, -0.2) is 97.7 Å². The zero-order valence-corrected chi connectivity index (χ0v) is 21.6. The molecule has 0 aliphatic carbocycles. The topological polar surface area (TPSA) is 112 Å². The number of aromatic nitrogens is 2. The van der Waals surface area contributed by atoms with Crippen molar-refractivity contribution >= 4 is 28.3 Å². The average molecular weight is 512 g/mol. The van der Waals surface area contributed by atoms with Gasteiger partial charge < -0.3 is 39.4 Å². The maximum atomic E-state index is 13.2. The summed E-state index contributed by atoms with van der Waals surface area (Å²) in [5.74, 6) is 1.64. The number of rotatable bonds is 13. The molecule has 10 nitrogen and oxygen atoms in total. The van der Waals surface area contributed by atoms with Crippen LogP contribution >= 0.6 is 0 Å². The zero-order valence-electron chi connectivity index (χ0n) is 21.6. The quantitative estimate of drug-likeness (QED) is 0.301. The van der Waals surface area contributed by atoms with Crippen molar-refractivity contribution in [1.29, 1.82) is 0 Å². The summed E-state index contributed by atoms with van der Waals surface area (Å²) < 4.78 is 16.4. The normalized spacial score (nSPS) is 13.9. The summed E-state index contributed by atoms with van der Waals surface area (Å²) in [4.78, 5) is 25.2. The number of nitrogens with one attached hydrogen (secondary N) is 2. The number of aliphatic hydroxyl groups excluding tert-OH is 1. The van der Waals surface area contributed by atoms with Gasteiger partial charge in [-0.2, -0.15) is 0 Å². The largest absolute Gasteiger partial charge is 0.491 e. The van der Waals surface area contributed by atoms with Crippen LogP contribution in [-0.2, 0) is 9.47 Å². The molecule has 10 heteroatoms. The van der Waals surface area contributed by atoms with E-state index < -0.39 is 0 Å². The summed E-state index contributed by atoms with van der Waals surface area (Å²) in [5, 5.41) is 13.1. The SMILES string of the molecule is CC(C)Nc1cccnc1N1CCN(C(=O)c2cc3ccc(OCCOCCOCCO)cc3[nH]2)CC1. The highest BCUT2D eigenvalue weighted by atomic mass is 16.5. The van der Waals surface area contributed by atoms with E-state index in [1.165, 1.54) is 0 Å². The summed E-state index contributed by atoms with van der Waals surface area (Å²) in [6, 6.07) is 11.9. The van der Waals surface area contributed by atoms with Gasteiger partial charge in [0.2, 0.25) is 0 Å². The van der Waals surface area contributed by atoms with Crippen molar-refractivity contribution in [3.05, 3.63) is 48.3 Å². The molecule has 0 radical (unpaired) electrons. The van der Waals surface area contributed by atoms with Crippen LogP contribution < -0.4 is 15.0 Å². The fourth-order valence-corrected chi connectivity index (χ4v) is 4.28. The molecule has 1 amide bonds. The summed E-state index contributed by atoms with van der Waals surface area (Å²) in [6.45, 7) is 9.01. The van der Waals surface area contributed by atoms with Crippen LogP contribution in [0.5, 0.6) is 5.75 Å². The van der Waals surface area contributed by atoms with Crippen LogP contribution in [0.4, 0.5) is 11.5 Å². The van der Waals surface area contributed by atoms with Crippen molar-refractivity contribution in [1.82, 2.24) is 14.9 Å². The molecule has 0 saturated carbocycles. The zero-order chi connectivity index (χ0) is 26.0. The Bertz CT molecular complexity index is 1140. The van der Waals surface area contributed by atoms with E-state index in [2.05, 4.69) is 34.0 Å². The fourth-order valence-electron chi connectivity index (χ4n) is 4.28. The van der Waals surface area contributed by atoms with Gasteiger partial charge in [-0.05, 0) is 44.2 Å². The molecule has 200 valence electrons. The van der Waals surface area contributed by atoms with Crippen molar-refractivity contribution in [3.8, 4) is 5.75 Å². The maximum Gasteiger partial charge on any atom is 0.270 e. The van der Waals surface area contributed by atoms with E-state index >= 15 is 0 Å². The number of anilines is 2. The Balaban J connectivity index is 1.28. The first-order chi connectivity index (χ1) is 18.0. The van der Waals surface area contributed by atoms with Gasteiger partial charge in [0.1, 0.15) is 18.1 Å². The maximum absolute atomic E-state index is 13.2. The Labute approximate surface area is 217 Å². The van der Waals surface area contributed by atoms with Crippen LogP contribution in [0.2, 0.25) is 0 Å². The van der Waals surface area contributed by atoms with Crippen LogP contribution in [0.1, 0.15) is 24.3 Å². The predicted octanol–water partition coefficient (Wildman–Crippen LogP) is 2.75. The highest BCUT2D eigenvalue weighted by Gasteiger charge is 2.25. The lowest BCUT2D eigenvalue weighted by molar-refractivity contribution is 0.0247. The molecule has 1 saturated heterocycles. The molecule has 0 atom stereocenters. The minimum Gasteiger partial charge on any atom is -0.491 e. The summed E-state index contributed by atoms with van der Waals surface area (Å²) in [5.41, 5.74) is 2.45. The molecule has 37 heavy (non-hydrogen) atoms. The second-order valence-electron chi connectivity index (χ2n) is 9.18. The molecule has 4 rings (SSSR count). The van der Waals surface area contributed by atoms with Crippen molar-refractivity contribution in [2.45, 2.75) is 19.9 Å². The number of H-pyrrole nitrogens is 1. The lowest BCUT2D eigenvalue weighted by Gasteiger charge is -2.36. The number of ether oxygens (including phenoxy) is 3. The van der Waals surface area contributed by atoms with E-state index in [0.29, 0.717) is 63.6 Å². The molecular formula is C27H37N5O5. The van der Waals surface area contributed by atoms with E-state index in [9.17, 15) is 4.79 Å². The lowest BCUT2D eigenvalue weighted by atomic mass is 10.2. The molecule has 0 unspecified atom stereocenters. The Kier molecular flexibility index (Phi) is 9.58. The van der Waals surface area contributed by atoms with Gasteiger partial charge in [-0.3, -0.25) is 4.79 Å². The number of nitrogens with zero attached hydrogens (tertiary/aromatic N) is 3. The smallest absolute Gasteiger partial charge is 0.270 e. The van der Waals surface area contributed by atoms with Gasteiger partial charge in [0.05, 0.1) is 38.7 Å². The number of pyridine rings is 1. The molecular weight excluding hydrogens is 474 g/mol. The van der Waals surface area contributed by atoms with E-state index in [4.69, 9.17) is 19.3 Å². The van der Waals surface area contributed by atoms with E-state index in [1.807, 2.05) is 47.5 Å². The number of piperazine rings is 1. The Hall–Kier alpha value is -3.34. The van der Waals surface area contributed by atoms with Gasteiger partial charge in [-0.1, -0.05) is 0 Å². The van der Waals surface area contributed by atoms with E-state index in [1.54, 1.807) is 0 Å². The third-order valence-corrected chi connectivity index (χ3v) is 6.03. The number of carbonyl (C=O) groups is 1. The summed E-state index contributed by atoms with van der Waals surface area (Å²) in [6.07, 6.45) is 1.81. The predicted molar refractivity (Wildman–Crippen MR) is 144 cm³/mol. The number of amides is 1. The highest BCUT2D eigenvalue weighted by Crippen LogP contribution is 2.26. The van der Waals surface area contributed by atoms with Crippen molar-refractivity contribution in [3.63, 3.8) is 0 Å². The minimum absolute atomic E-state index is 0.00307. The van der Waals surface area contributed by atoms with Crippen molar-refractivity contribution < 1.29 is 24.1 Å².